The van der Waals surface area contributed by atoms with E-state index in [0.29, 0.717) is 23.9 Å². The SMILES string of the molecule is CCCCC/C=C\C/C=C\C/C=C\CCCCCCC(=O)O[C@H](COC(=O)CCCCCCC/C=C\CCCCCCCCC)COP(=O)([O-])OCC[N+](C)(C)C. The van der Waals surface area contributed by atoms with Crippen molar-refractivity contribution in [2.24, 2.45) is 0 Å². The number of phosphoric acid groups is 1. The number of likely N-dealkylation sites (N-methyl/N-ethyl adjacent to an activating group) is 1. The Bertz CT molecular complexity index is 1110. The Balaban J connectivity index is 4.40. The fourth-order valence-electron chi connectivity index (χ4n) is 5.95. The van der Waals surface area contributed by atoms with Gasteiger partial charge in [0, 0.05) is 12.8 Å². The van der Waals surface area contributed by atoms with Crippen molar-refractivity contribution in [2.45, 2.75) is 193 Å². The van der Waals surface area contributed by atoms with Crippen molar-refractivity contribution in [1.82, 2.24) is 0 Å². The van der Waals surface area contributed by atoms with Crippen LogP contribution in [0.4, 0.5) is 0 Å². The van der Waals surface area contributed by atoms with Crippen LogP contribution < -0.4 is 4.89 Å². The molecule has 0 aromatic heterocycles. The largest absolute Gasteiger partial charge is 0.756 e. The first-order valence-electron chi connectivity index (χ1n) is 22.8. The second-order valence-electron chi connectivity index (χ2n) is 16.4. The number of quaternary nitrogens is 1. The average molecular weight is 824 g/mol. The van der Waals surface area contributed by atoms with Crippen LogP contribution in [0.3, 0.4) is 0 Å². The Morgan fingerprint density at radius 1 is 0.544 bits per heavy atom. The van der Waals surface area contributed by atoms with Crippen molar-refractivity contribution in [2.75, 3.05) is 47.5 Å². The molecule has 0 aromatic rings. The highest BCUT2D eigenvalue weighted by atomic mass is 31.2. The molecule has 0 rings (SSSR count). The minimum absolute atomic E-state index is 0.0380. The molecule has 57 heavy (non-hydrogen) atoms. The first-order chi connectivity index (χ1) is 27.5. The number of nitrogens with zero attached hydrogens (tertiary/aromatic N) is 1. The van der Waals surface area contributed by atoms with Crippen LogP contribution >= 0.6 is 7.82 Å². The molecule has 0 spiro atoms. The van der Waals surface area contributed by atoms with Crippen molar-refractivity contribution >= 4 is 19.8 Å². The van der Waals surface area contributed by atoms with Crippen molar-refractivity contribution in [3.8, 4) is 0 Å². The summed E-state index contributed by atoms with van der Waals surface area (Å²) in [7, 11) is 1.14. The van der Waals surface area contributed by atoms with E-state index in [-0.39, 0.29) is 26.1 Å². The van der Waals surface area contributed by atoms with Gasteiger partial charge in [-0.05, 0) is 77.0 Å². The van der Waals surface area contributed by atoms with Crippen molar-refractivity contribution in [1.29, 1.82) is 0 Å². The molecule has 0 amide bonds. The molecule has 10 heteroatoms. The van der Waals surface area contributed by atoms with E-state index in [1.54, 1.807) is 0 Å². The molecule has 0 saturated heterocycles. The van der Waals surface area contributed by atoms with E-state index in [9.17, 15) is 19.0 Å². The zero-order valence-corrected chi connectivity index (χ0v) is 38.2. The topological polar surface area (TPSA) is 111 Å². The van der Waals surface area contributed by atoms with Gasteiger partial charge >= 0.3 is 11.9 Å². The van der Waals surface area contributed by atoms with Crippen molar-refractivity contribution in [3.63, 3.8) is 0 Å². The number of carbonyl (C=O) groups is 2. The highest BCUT2D eigenvalue weighted by Crippen LogP contribution is 2.38. The fourth-order valence-corrected chi connectivity index (χ4v) is 6.68. The van der Waals surface area contributed by atoms with Gasteiger partial charge in [0.2, 0.25) is 0 Å². The third-order valence-electron chi connectivity index (χ3n) is 9.57. The highest BCUT2D eigenvalue weighted by molar-refractivity contribution is 7.45. The van der Waals surface area contributed by atoms with Crippen LogP contribution in [0.15, 0.2) is 48.6 Å². The van der Waals surface area contributed by atoms with Gasteiger partial charge in [-0.2, -0.15) is 0 Å². The zero-order valence-electron chi connectivity index (χ0n) is 37.3. The third-order valence-corrected chi connectivity index (χ3v) is 10.5. The lowest BCUT2D eigenvalue weighted by Crippen LogP contribution is -2.37. The number of esters is 2. The normalized spacial score (nSPS) is 14.0. The quantitative estimate of drug-likeness (QED) is 0.0197. The zero-order chi connectivity index (χ0) is 42.1. The van der Waals surface area contributed by atoms with Crippen LogP contribution in [-0.4, -0.2) is 70.0 Å². The lowest BCUT2D eigenvalue weighted by Gasteiger charge is -2.28. The first kappa shape index (κ1) is 55.0. The monoisotopic (exact) mass is 824 g/mol. The Kier molecular flexibility index (Phi) is 38.0. The van der Waals surface area contributed by atoms with E-state index < -0.39 is 32.5 Å². The van der Waals surface area contributed by atoms with E-state index in [0.717, 1.165) is 70.6 Å². The summed E-state index contributed by atoms with van der Waals surface area (Å²) in [6, 6.07) is 0. The maximum Gasteiger partial charge on any atom is 0.306 e. The second-order valence-corrected chi connectivity index (χ2v) is 17.8. The summed E-state index contributed by atoms with van der Waals surface area (Å²) in [5.74, 6) is -0.870. The van der Waals surface area contributed by atoms with E-state index >= 15 is 0 Å². The molecule has 1 unspecified atom stereocenters. The maximum atomic E-state index is 12.7. The minimum Gasteiger partial charge on any atom is -0.756 e. The van der Waals surface area contributed by atoms with Crippen LogP contribution in [0.5, 0.6) is 0 Å². The lowest BCUT2D eigenvalue weighted by atomic mass is 10.1. The van der Waals surface area contributed by atoms with Crippen LogP contribution in [0, 0.1) is 0 Å². The molecule has 0 fully saturated rings. The van der Waals surface area contributed by atoms with E-state index in [4.69, 9.17) is 18.5 Å². The van der Waals surface area contributed by atoms with Gasteiger partial charge in [-0.3, -0.25) is 14.2 Å². The molecule has 0 aliphatic rings. The van der Waals surface area contributed by atoms with Gasteiger partial charge in [0.05, 0.1) is 27.7 Å². The molecule has 0 radical (unpaired) electrons. The van der Waals surface area contributed by atoms with Gasteiger partial charge in [-0.15, -0.1) is 0 Å². The molecule has 0 N–H and O–H groups in total. The molecule has 0 bridgehead atoms. The summed E-state index contributed by atoms with van der Waals surface area (Å²) in [5.41, 5.74) is 0. The number of hydrogen-bond acceptors (Lipinski definition) is 8. The van der Waals surface area contributed by atoms with E-state index in [2.05, 4.69) is 62.5 Å². The van der Waals surface area contributed by atoms with Crippen LogP contribution in [-0.2, 0) is 32.7 Å². The lowest BCUT2D eigenvalue weighted by molar-refractivity contribution is -0.870. The molecule has 332 valence electrons. The van der Waals surface area contributed by atoms with Gasteiger partial charge in [-0.25, -0.2) is 0 Å². The summed E-state index contributed by atoms with van der Waals surface area (Å²) in [5, 5.41) is 0. The Labute approximate surface area is 350 Å². The van der Waals surface area contributed by atoms with Gasteiger partial charge < -0.3 is 27.9 Å². The molecule has 0 aromatic carbocycles. The van der Waals surface area contributed by atoms with Crippen LogP contribution in [0.2, 0.25) is 0 Å². The van der Waals surface area contributed by atoms with Gasteiger partial charge in [-0.1, -0.05) is 146 Å². The fraction of sp³-hybridized carbons (Fsp3) is 0.787. The van der Waals surface area contributed by atoms with Crippen molar-refractivity contribution < 1.29 is 42.1 Å². The van der Waals surface area contributed by atoms with E-state index in [1.807, 2.05) is 21.1 Å². The molecule has 9 nitrogen and oxygen atoms in total. The minimum atomic E-state index is -4.63. The highest BCUT2D eigenvalue weighted by Gasteiger charge is 2.21. The first-order valence-corrected chi connectivity index (χ1v) is 24.3. The number of ether oxygens (including phenoxy) is 2. The Morgan fingerprint density at radius 2 is 0.947 bits per heavy atom. The van der Waals surface area contributed by atoms with Crippen molar-refractivity contribution in [3.05, 3.63) is 48.6 Å². The average Bonchev–Trinajstić information content (AvgIpc) is 3.16. The number of hydrogen-bond donors (Lipinski definition) is 0. The third kappa shape index (κ3) is 43.4. The second kappa shape index (κ2) is 39.4. The molecule has 0 saturated carbocycles. The summed E-state index contributed by atoms with van der Waals surface area (Å²) in [6.07, 6.45) is 45.6. The molecule has 2 atom stereocenters. The summed E-state index contributed by atoms with van der Waals surface area (Å²) in [4.78, 5) is 37.6. The number of carbonyl (C=O) groups excluding carboxylic acids is 2. The van der Waals surface area contributed by atoms with Crippen LogP contribution in [0.1, 0.15) is 187 Å². The van der Waals surface area contributed by atoms with E-state index in [1.165, 1.54) is 77.0 Å². The number of unbranched alkanes of at least 4 members (excludes halogenated alkanes) is 19. The molecular weight excluding hydrogens is 737 g/mol. The predicted molar refractivity (Wildman–Crippen MR) is 236 cm³/mol. The molecule has 0 aliphatic heterocycles. The molecule has 0 heterocycles. The van der Waals surface area contributed by atoms with Gasteiger partial charge in [0.1, 0.15) is 19.8 Å². The standard InChI is InChI=1S/C47H86NO8P/c1-6-8-10-12-14-16-18-20-22-24-26-28-30-32-34-36-38-40-47(50)56-45(44-55-57(51,52)54-42-41-48(3,4)5)43-53-46(49)39-37-35-33-31-29-27-25-23-21-19-17-15-13-11-9-7-2/h14,16,20,22-23,25-26,28,45H,6-13,15,17-19,21,24,27,29-44H2,1-5H3/b16-14-,22-20-,25-23-,28-26-/t45-/m1/s1. The summed E-state index contributed by atoms with van der Waals surface area (Å²) in [6.45, 7) is 4.16. The molecule has 0 aliphatic carbocycles. The Hall–Kier alpha value is -2.03. The maximum absolute atomic E-state index is 12.7. The number of rotatable bonds is 41. The molecular formula is C47H86NO8P. The summed E-state index contributed by atoms with van der Waals surface area (Å²) >= 11 is 0. The number of phosphoric ester groups is 1. The summed E-state index contributed by atoms with van der Waals surface area (Å²) < 4.78 is 33.9. The van der Waals surface area contributed by atoms with Gasteiger partial charge in [0.15, 0.2) is 6.10 Å². The smallest absolute Gasteiger partial charge is 0.306 e. The Morgan fingerprint density at radius 3 is 1.46 bits per heavy atom. The van der Waals surface area contributed by atoms with Crippen LogP contribution in [0.25, 0.3) is 0 Å². The predicted octanol–water partition coefficient (Wildman–Crippen LogP) is 12.4. The number of allylic oxidation sites excluding steroid dienone is 8. The van der Waals surface area contributed by atoms with Gasteiger partial charge in [0.25, 0.3) is 7.82 Å².